The fraction of sp³-hybridized carbons (Fsp3) is 0.300. The first-order valence-corrected chi connectivity index (χ1v) is 8.95. The summed E-state index contributed by atoms with van der Waals surface area (Å²) in [5, 5.41) is 2.90. The van der Waals surface area contributed by atoms with Gasteiger partial charge in [-0.1, -0.05) is 19.1 Å². The normalized spacial score (nSPS) is 10.7. The zero-order valence-electron chi connectivity index (χ0n) is 15.3. The Kier molecular flexibility index (Phi) is 6.25. The first-order chi connectivity index (χ1) is 13.2. The molecule has 27 heavy (non-hydrogen) atoms. The molecule has 0 atom stereocenters. The van der Waals surface area contributed by atoms with Gasteiger partial charge < -0.3 is 19.2 Å². The van der Waals surface area contributed by atoms with Crippen LogP contribution in [0.25, 0.3) is 0 Å². The van der Waals surface area contributed by atoms with E-state index in [-0.39, 0.29) is 11.8 Å². The van der Waals surface area contributed by atoms with Crippen molar-refractivity contribution >= 4 is 6.03 Å². The zero-order chi connectivity index (χ0) is 19.1. The van der Waals surface area contributed by atoms with Crippen molar-refractivity contribution in [3.8, 4) is 0 Å². The number of amides is 2. The third-order valence-corrected chi connectivity index (χ3v) is 4.14. The average molecular weight is 370 g/mol. The van der Waals surface area contributed by atoms with Crippen LogP contribution in [0.2, 0.25) is 0 Å². The molecule has 1 aromatic carbocycles. The first-order valence-electron chi connectivity index (χ1n) is 8.95. The number of nitrogens with zero attached hydrogens (tertiary/aromatic N) is 3. The van der Waals surface area contributed by atoms with E-state index in [0.29, 0.717) is 31.9 Å². The molecule has 6 nitrogen and oxygen atoms in total. The summed E-state index contributed by atoms with van der Waals surface area (Å²) < 4.78 is 20.5. The number of aromatic nitrogens is 2. The maximum absolute atomic E-state index is 13.1. The van der Waals surface area contributed by atoms with E-state index in [9.17, 15) is 9.18 Å². The topological polar surface area (TPSA) is 63.3 Å². The number of rotatable bonds is 8. The average Bonchev–Trinajstić information content (AvgIpc) is 3.33. The molecule has 2 aromatic heterocycles. The predicted molar refractivity (Wildman–Crippen MR) is 99.4 cm³/mol. The highest BCUT2D eigenvalue weighted by atomic mass is 19.1. The maximum Gasteiger partial charge on any atom is 0.318 e. The molecule has 0 spiro atoms. The lowest BCUT2D eigenvalue weighted by molar-refractivity contribution is 0.185. The summed E-state index contributed by atoms with van der Waals surface area (Å²) in [6.07, 6.45) is 6.01. The fourth-order valence-electron chi connectivity index (χ4n) is 2.73. The molecule has 0 bridgehead atoms. The van der Waals surface area contributed by atoms with Crippen molar-refractivity contribution in [3.63, 3.8) is 0 Å². The van der Waals surface area contributed by atoms with Gasteiger partial charge in [0.25, 0.3) is 0 Å². The molecular weight excluding hydrogens is 347 g/mol. The summed E-state index contributed by atoms with van der Waals surface area (Å²) in [5.41, 5.74) is 0.962. The Morgan fingerprint density at radius 2 is 2.07 bits per heavy atom. The van der Waals surface area contributed by atoms with E-state index < -0.39 is 0 Å². The highest BCUT2D eigenvalue weighted by molar-refractivity contribution is 5.74. The largest absolute Gasteiger partial charge is 0.467 e. The third kappa shape index (κ3) is 5.20. The number of carbonyl (C=O) groups is 1. The number of benzene rings is 1. The second-order valence-corrected chi connectivity index (χ2v) is 6.27. The van der Waals surface area contributed by atoms with Gasteiger partial charge in [-0.25, -0.2) is 14.2 Å². The first kappa shape index (κ1) is 18.7. The summed E-state index contributed by atoms with van der Waals surface area (Å²) >= 11 is 0. The van der Waals surface area contributed by atoms with E-state index in [1.807, 2.05) is 23.8 Å². The Morgan fingerprint density at radius 1 is 1.26 bits per heavy atom. The number of imidazole rings is 1. The second kappa shape index (κ2) is 9.02. The van der Waals surface area contributed by atoms with Crippen LogP contribution in [0.15, 0.2) is 59.5 Å². The standard InChI is InChI=1S/C20H23FN4O2/c1-2-9-23-20(26)25(14-18-4-3-12-27-18)15-19-22-10-11-24(19)13-16-5-7-17(21)8-6-16/h3-8,10-12H,2,9,13-15H2,1H3,(H,23,26). The lowest BCUT2D eigenvalue weighted by Crippen LogP contribution is -2.40. The molecule has 0 saturated heterocycles. The van der Waals surface area contributed by atoms with Crippen LogP contribution in [0.3, 0.4) is 0 Å². The van der Waals surface area contributed by atoms with Crippen molar-refractivity contribution in [2.75, 3.05) is 6.54 Å². The minimum absolute atomic E-state index is 0.162. The van der Waals surface area contributed by atoms with E-state index in [2.05, 4.69) is 10.3 Å². The van der Waals surface area contributed by atoms with Crippen LogP contribution in [0.4, 0.5) is 9.18 Å². The molecule has 0 aliphatic rings. The van der Waals surface area contributed by atoms with Crippen LogP contribution < -0.4 is 5.32 Å². The summed E-state index contributed by atoms with van der Waals surface area (Å²) in [7, 11) is 0. The number of urea groups is 1. The number of hydrogen-bond donors (Lipinski definition) is 1. The Bertz CT molecular complexity index is 843. The SMILES string of the molecule is CCCNC(=O)N(Cc1ccco1)Cc1nccn1Cc1ccc(F)cc1. The molecule has 0 aliphatic carbocycles. The minimum atomic E-state index is -0.262. The lowest BCUT2D eigenvalue weighted by atomic mass is 10.2. The molecule has 142 valence electrons. The number of halogens is 1. The number of carbonyl (C=O) groups excluding carboxylic acids is 1. The van der Waals surface area contributed by atoms with Crippen LogP contribution in [-0.2, 0) is 19.6 Å². The van der Waals surface area contributed by atoms with E-state index in [1.54, 1.807) is 35.6 Å². The monoisotopic (exact) mass is 370 g/mol. The van der Waals surface area contributed by atoms with E-state index in [0.717, 1.165) is 17.8 Å². The summed E-state index contributed by atoms with van der Waals surface area (Å²) in [6, 6.07) is 9.84. The van der Waals surface area contributed by atoms with Crippen molar-refractivity contribution in [2.45, 2.75) is 33.0 Å². The summed E-state index contributed by atoms with van der Waals surface area (Å²) in [5.74, 6) is 1.19. The van der Waals surface area contributed by atoms with Crippen LogP contribution in [0.1, 0.15) is 30.5 Å². The van der Waals surface area contributed by atoms with Crippen molar-refractivity contribution in [2.24, 2.45) is 0 Å². The van der Waals surface area contributed by atoms with Crippen LogP contribution in [-0.4, -0.2) is 27.0 Å². The van der Waals surface area contributed by atoms with Gasteiger partial charge in [0, 0.05) is 25.5 Å². The van der Waals surface area contributed by atoms with Crippen LogP contribution in [0, 0.1) is 5.82 Å². The van der Waals surface area contributed by atoms with Crippen LogP contribution in [0.5, 0.6) is 0 Å². The zero-order valence-corrected chi connectivity index (χ0v) is 15.3. The Hall–Kier alpha value is -3.09. The molecule has 0 fully saturated rings. The highest BCUT2D eigenvalue weighted by Gasteiger charge is 2.18. The van der Waals surface area contributed by atoms with Gasteiger partial charge in [-0.05, 0) is 36.2 Å². The number of hydrogen-bond acceptors (Lipinski definition) is 3. The van der Waals surface area contributed by atoms with Gasteiger partial charge >= 0.3 is 6.03 Å². The lowest BCUT2D eigenvalue weighted by Gasteiger charge is -2.22. The molecule has 3 rings (SSSR count). The van der Waals surface area contributed by atoms with Gasteiger partial charge in [-0.3, -0.25) is 0 Å². The van der Waals surface area contributed by atoms with Gasteiger partial charge in [-0.2, -0.15) is 0 Å². The quantitative estimate of drug-likeness (QED) is 0.656. The Labute approximate surface area is 157 Å². The molecule has 0 radical (unpaired) electrons. The van der Waals surface area contributed by atoms with Crippen LogP contribution >= 0.6 is 0 Å². The minimum Gasteiger partial charge on any atom is -0.467 e. The molecule has 0 aliphatic heterocycles. The van der Waals surface area contributed by atoms with E-state index in [4.69, 9.17) is 4.42 Å². The van der Waals surface area contributed by atoms with Gasteiger partial charge in [0.2, 0.25) is 0 Å². The van der Waals surface area contributed by atoms with Crippen molar-refractivity contribution in [1.82, 2.24) is 19.8 Å². The number of furan rings is 1. The van der Waals surface area contributed by atoms with Gasteiger partial charge in [0.1, 0.15) is 17.4 Å². The van der Waals surface area contributed by atoms with Gasteiger partial charge in [0.05, 0.1) is 19.4 Å². The van der Waals surface area contributed by atoms with Crippen molar-refractivity contribution < 1.29 is 13.6 Å². The smallest absolute Gasteiger partial charge is 0.318 e. The second-order valence-electron chi connectivity index (χ2n) is 6.27. The maximum atomic E-state index is 13.1. The molecule has 7 heteroatoms. The molecule has 2 amide bonds. The number of nitrogens with one attached hydrogen (secondary N) is 1. The third-order valence-electron chi connectivity index (χ3n) is 4.14. The fourth-order valence-corrected chi connectivity index (χ4v) is 2.73. The molecule has 3 aromatic rings. The summed E-state index contributed by atoms with van der Waals surface area (Å²) in [6.45, 7) is 3.86. The predicted octanol–water partition coefficient (Wildman–Crippen LogP) is 3.79. The summed E-state index contributed by atoms with van der Waals surface area (Å²) in [4.78, 5) is 18.6. The van der Waals surface area contributed by atoms with Crippen molar-refractivity contribution in [1.29, 1.82) is 0 Å². The Morgan fingerprint density at radius 3 is 2.78 bits per heavy atom. The van der Waals surface area contributed by atoms with Gasteiger partial charge in [0.15, 0.2) is 0 Å². The van der Waals surface area contributed by atoms with Crippen molar-refractivity contribution in [3.05, 3.63) is 78.0 Å². The molecule has 0 unspecified atom stereocenters. The highest BCUT2D eigenvalue weighted by Crippen LogP contribution is 2.12. The Balaban J connectivity index is 1.74. The molecule has 2 heterocycles. The van der Waals surface area contributed by atoms with E-state index >= 15 is 0 Å². The van der Waals surface area contributed by atoms with Gasteiger partial charge in [-0.15, -0.1) is 0 Å². The molecule has 0 saturated carbocycles. The molecule has 1 N–H and O–H groups in total. The van der Waals surface area contributed by atoms with E-state index in [1.165, 1.54) is 12.1 Å². The molecular formula is C20H23FN4O2.